The van der Waals surface area contributed by atoms with E-state index in [4.69, 9.17) is 10.00 Å². The van der Waals surface area contributed by atoms with Crippen LogP contribution >= 0.6 is 0 Å². The largest absolute Gasteiger partial charge is 0.351 e. The lowest BCUT2D eigenvalue weighted by Crippen LogP contribution is -2.28. The lowest BCUT2D eigenvalue weighted by atomic mass is 10.1. The molecule has 0 spiro atoms. The number of nitriles is 1. The Morgan fingerprint density at radius 1 is 1.19 bits per heavy atom. The van der Waals surface area contributed by atoms with Crippen molar-refractivity contribution in [2.24, 2.45) is 0 Å². The predicted molar refractivity (Wildman–Crippen MR) is 77.3 cm³/mol. The molecule has 2 aromatic rings. The standard InChI is InChI=1S/C17H14N2O2/c18-10-13-5-4-8-15(9-13)17(20)19-11-16(21-12-19)14-6-2-1-3-7-14/h1-9,16H,11-12H2. The van der Waals surface area contributed by atoms with Gasteiger partial charge < -0.3 is 9.64 Å². The molecule has 0 radical (unpaired) electrons. The fourth-order valence-electron chi connectivity index (χ4n) is 2.40. The molecule has 0 aliphatic carbocycles. The van der Waals surface area contributed by atoms with Gasteiger partial charge in [-0.1, -0.05) is 36.4 Å². The molecule has 2 aromatic carbocycles. The topological polar surface area (TPSA) is 53.3 Å². The number of amides is 1. The van der Waals surface area contributed by atoms with Gasteiger partial charge in [0.2, 0.25) is 0 Å². The van der Waals surface area contributed by atoms with Gasteiger partial charge in [-0.25, -0.2) is 0 Å². The Hall–Kier alpha value is -2.64. The van der Waals surface area contributed by atoms with E-state index in [1.807, 2.05) is 36.4 Å². The molecule has 0 N–H and O–H groups in total. The third kappa shape index (κ3) is 2.78. The van der Waals surface area contributed by atoms with Crippen LogP contribution in [0.5, 0.6) is 0 Å². The van der Waals surface area contributed by atoms with E-state index < -0.39 is 0 Å². The van der Waals surface area contributed by atoms with Crippen molar-refractivity contribution in [1.82, 2.24) is 4.90 Å². The molecule has 21 heavy (non-hydrogen) atoms. The lowest BCUT2D eigenvalue weighted by molar-refractivity contribution is 0.0630. The highest BCUT2D eigenvalue weighted by molar-refractivity contribution is 5.94. The van der Waals surface area contributed by atoms with E-state index in [9.17, 15) is 4.79 Å². The second-order valence-corrected chi connectivity index (χ2v) is 4.92. The van der Waals surface area contributed by atoms with Gasteiger partial charge in [-0.15, -0.1) is 0 Å². The zero-order valence-electron chi connectivity index (χ0n) is 11.4. The molecule has 1 atom stereocenters. The molecule has 1 unspecified atom stereocenters. The van der Waals surface area contributed by atoms with E-state index in [1.165, 1.54) is 0 Å². The molecule has 3 rings (SSSR count). The average molecular weight is 278 g/mol. The summed E-state index contributed by atoms with van der Waals surface area (Å²) in [6.45, 7) is 0.800. The maximum absolute atomic E-state index is 12.4. The summed E-state index contributed by atoms with van der Waals surface area (Å²) < 4.78 is 5.69. The summed E-state index contributed by atoms with van der Waals surface area (Å²) in [4.78, 5) is 14.1. The molecule has 1 amide bonds. The van der Waals surface area contributed by atoms with Crippen LogP contribution in [0.3, 0.4) is 0 Å². The molecule has 0 bridgehead atoms. The molecule has 1 heterocycles. The summed E-state index contributed by atoms with van der Waals surface area (Å²) in [6, 6.07) is 18.6. The van der Waals surface area contributed by atoms with E-state index in [2.05, 4.69) is 0 Å². The number of hydrogen-bond donors (Lipinski definition) is 0. The quantitative estimate of drug-likeness (QED) is 0.848. The fourth-order valence-corrected chi connectivity index (χ4v) is 2.40. The van der Waals surface area contributed by atoms with Gasteiger partial charge in [-0.2, -0.15) is 5.26 Å². The smallest absolute Gasteiger partial charge is 0.255 e. The third-order valence-corrected chi connectivity index (χ3v) is 3.51. The summed E-state index contributed by atoms with van der Waals surface area (Å²) in [5, 5.41) is 8.90. The van der Waals surface area contributed by atoms with Crippen LogP contribution in [0.1, 0.15) is 27.6 Å². The molecular formula is C17H14N2O2. The van der Waals surface area contributed by atoms with Crippen molar-refractivity contribution in [3.05, 3.63) is 71.3 Å². The Morgan fingerprint density at radius 2 is 2.00 bits per heavy atom. The van der Waals surface area contributed by atoms with Crippen molar-refractivity contribution in [1.29, 1.82) is 5.26 Å². The molecule has 0 aromatic heterocycles. The van der Waals surface area contributed by atoms with Crippen LogP contribution in [-0.4, -0.2) is 24.1 Å². The van der Waals surface area contributed by atoms with E-state index in [1.54, 1.807) is 29.2 Å². The highest BCUT2D eigenvalue weighted by Crippen LogP contribution is 2.25. The first-order chi connectivity index (χ1) is 10.3. The lowest BCUT2D eigenvalue weighted by Gasteiger charge is -2.14. The first kappa shape index (κ1) is 13.3. The van der Waals surface area contributed by atoms with Gasteiger partial charge in [0.05, 0.1) is 18.2 Å². The molecule has 4 heteroatoms. The van der Waals surface area contributed by atoms with Crippen LogP contribution in [0.25, 0.3) is 0 Å². The summed E-state index contributed by atoms with van der Waals surface area (Å²) >= 11 is 0. The highest BCUT2D eigenvalue weighted by Gasteiger charge is 2.28. The Labute approximate surface area is 123 Å². The normalized spacial score (nSPS) is 17.5. The molecular weight excluding hydrogens is 264 g/mol. The number of rotatable bonds is 2. The number of nitrogens with zero attached hydrogens (tertiary/aromatic N) is 2. The molecule has 1 aliphatic rings. The zero-order chi connectivity index (χ0) is 14.7. The fraction of sp³-hybridized carbons (Fsp3) is 0.176. The first-order valence-electron chi connectivity index (χ1n) is 6.74. The number of hydrogen-bond acceptors (Lipinski definition) is 3. The number of benzene rings is 2. The maximum atomic E-state index is 12.4. The predicted octanol–water partition coefficient (Wildman–Crippen LogP) is 2.73. The van der Waals surface area contributed by atoms with Gasteiger partial charge in [0.15, 0.2) is 0 Å². The third-order valence-electron chi connectivity index (χ3n) is 3.51. The molecule has 0 saturated carbocycles. The van der Waals surface area contributed by atoms with Crippen LogP contribution in [0.2, 0.25) is 0 Å². The minimum absolute atomic E-state index is 0.0886. The van der Waals surface area contributed by atoms with Crippen LogP contribution in [-0.2, 0) is 4.74 Å². The van der Waals surface area contributed by atoms with Crippen LogP contribution < -0.4 is 0 Å². The molecule has 104 valence electrons. The molecule has 1 saturated heterocycles. The Morgan fingerprint density at radius 3 is 2.76 bits per heavy atom. The Bertz CT molecular complexity index is 691. The van der Waals surface area contributed by atoms with Gasteiger partial charge in [-0.3, -0.25) is 4.79 Å². The van der Waals surface area contributed by atoms with Crippen molar-refractivity contribution in [2.75, 3.05) is 13.3 Å². The minimum Gasteiger partial charge on any atom is -0.351 e. The van der Waals surface area contributed by atoms with E-state index in [-0.39, 0.29) is 18.7 Å². The molecule has 1 fully saturated rings. The minimum atomic E-state index is -0.106. The monoisotopic (exact) mass is 278 g/mol. The number of ether oxygens (including phenoxy) is 1. The van der Waals surface area contributed by atoms with Gasteiger partial charge in [0.25, 0.3) is 5.91 Å². The Balaban J connectivity index is 1.74. The van der Waals surface area contributed by atoms with E-state index in [0.29, 0.717) is 17.7 Å². The summed E-state index contributed by atoms with van der Waals surface area (Å²) in [6.07, 6.45) is -0.0886. The van der Waals surface area contributed by atoms with E-state index >= 15 is 0 Å². The van der Waals surface area contributed by atoms with Gasteiger partial charge in [-0.05, 0) is 23.8 Å². The Kier molecular flexibility index (Phi) is 3.67. The number of carbonyl (C=O) groups excluding carboxylic acids is 1. The van der Waals surface area contributed by atoms with Gasteiger partial charge in [0.1, 0.15) is 12.8 Å². The number of carbonyl (C=O) groups is 1. The van der Waals surface area contributed by atoms with Gasteiger partial charge in [0, 0.05) is 5.56 Å². The van der Waals surface area contributed by atoms with Crippen LogP contribution in [0.4, 0.5) is 0 Å². The van der Waals surface area contributed by atoms with E-state index in [0.717, 1.165) is 5.56 Å². The SMILES string of the molecule is N#Cc1cccc(C(=O)N2COC(c3ccccc3)C2)c1. The molecule has 4 nitrogen and oxygen atoms in total. The van der Waals surface area contributed by atoms with Crippen molar-refractivity contribution in [2.45, 2.75) is 6.10 Å². The first-order valence-corrected chi connectivity index (χ1v) is 6.74. The van der Waals surface area contributed by atoms with Crippen molar-refractivity contribution < 1.29 is 9.53 Å². The van der Waals surface area contributed by atoms with Crippen LogP contribution in [0.15, 0.2) is 54.6 Å². The van der Waals surface area contributed by atoms with Crippen molar-refractivity contribution >= 4 is 5.91 Å². The summed E-state index contributed by atoms with van der Waals surface area (Å²) in [5.41, 5.74) is 2.07. The average Bonchev–Trinajstić information content (AvgIpc) is 3.05. The van der Waals surface area contributed by atoms with Gasteiger partial charge >= 0.3 is 0 Å². The highest BCUT2D eigenvalue weighted by atomic mass is 16.5. The summed E-state index contributed by atoms with van der Waals surface area (Å²) in [7, 11) is 0. The summed E-state index contributed by atoms with van der Waals surface area (Å²) in [5.74, 6) is -0.106. The second kappa shape index (κ2) is 5.78. The van der Waals surface area contributed by atoms with Crippen molar-refractivity contribution in [3.63, 3.8) is 0 Å². The second-order valence-electron chi connectivity index (χ2n) is 4.92. The van der Waals surface area contributed by atoms with Crippen molar-refractivity contribution in [3.8, 4) is 6.07 Å². The maximum Gasteiger partial charge on any atom is 0.255 e. The van der Waals surface area contributed by atoms with Crippen LogP contribution in [0, 0.1) is 11.3 Å². The zero-order valence-corrected chi connectivity index (χ0v) is 11.4. The molecule has 1 aliphatic heterocycles.